The highest BCUT2D eigenvalue weighted by molar-refractivity contribution is 6.04. The van der Waals surface area contributed by atoms with Crippen LogP contribution in [0.3, 0.4) is 0 Å². The Bertz CT molecular complexity index is 2700. The smallest absolute Gasteiger partial charge is 0.416 e. The van der Waals surface area contributed by atoms with Crippen LogP contribution >= 0.6 is 0 Å². The van der Waals surface area contributed by atoms with Gasteiger partial charge in [-0.1, -0.05) is 95.4 Å². The van der Waals surface area contributed by atoms with Crippen molar-refractivity contribution in [3.05, 3.63) is 186 Å². The molecule has 2 amide bonds. The molecule has 0 saturated carbocycles. The average Bonchev–Trinajstić information content (AvgIpc) is 3.95. The maximum absolute atomic E-state index is 12.9. The molecule has 300 valence electrons. The fraction of sp³-hybridized carbons (Fsp3) is 0.0909. The molecule has 8 rings (SSSR count). The summed E-state index contributed by atoms with van der Waals surface area (Å²) in [5.41, 5.74) is 5.20. The van der Waals surface area contributed by atoms with E-state index in [1.807, 2.05) is 91.1 Å². The molecule has 60 heavy (non-hydrogen) atoms. The van der Waals surface area contributed by atoms with Gasteiger partial charge >= 0.3 is 6.18 Å². The molecule has 0 radical (unpaired) electrons. The minimum atomic E-state index is -4.55. The zero-order valence-electron chi connectivity index (χ0n) is 31.9. The minimum Gasteiger partial charge on any atom is -0.497 e. The number of halogens is 3. The van der Waals surface area contributed by atoms with Gasteiger partial charge < -0.3 is 15.4 Å². The lowest BCUT2D eigenvalue weighted by Crippen LogP contribution is -2.15. The van der Waals surface area contributed by atoms with E-state index in [4.69, 9.17) is 4.74 Å². The Kier molecular flexibility index (Phi) is 12.4. The molecule has 0 spiro atoms. The van der Waals surface area contributed by atoms with Gasteiger partial charge in [0.15, 0.2) is 0 Å². The number of carbonyl (C=O) groups is 2. The van der Waals surface area contributed by atoms with Crippen LogP contribution in [0.15, 0.2) is 158 Å². The Morgan fingerprint density at radius 2 is 1.08 bits per heavy atom. The molecule has 0 aliphatic carbocycles. The summed E-state index contributed by atoms with van der Waals surface area (Å²) in [4.78, 5) is 32.7. The number of nitrogens with one attached hydrogen (secondary N) is 2. The maximum Gasteiger partial charge on any atom is 0.416 e. The van der Waals surface area contributed by atoms with Crippen LogP contribution < -0.4 is 15.4 Å². The summed E-state index contributed by atoms with van der Waals surface area (Å²) < 4.78 is 47.2. The highest BCUT2D eigenvalue weighted by Crippen LogP contribution is 2.29. The number of amides is 2. The van der Waals surface area contributed by atoms with Crippen LogP contribution in [-0.2, 0) is 19.3 Å². The van der Waals surface area contributed by atoms with Crippen molar-refractivity contribution < 1.29 is 27.5 Å². The summed E-state index contributed by atoms with van der Waals surface area (Å²) in [5, 5.41) is 22.2. The molecule has 16 heteroatoms. The second-order valence-electron chi connectivity index (χ2n) is 13.2. The van der Waals surface area contributed by atoms with Gasteiger partial charge in [-0.2, -0.15) is 13.2 Å². The van der Waals surface area contributed by atoms with Crippen LogP contribution in [0, 0.1) is 0 Å². The topological polar surface area (TPSA) is 155 Å². The number of ether oxygens (including phenoxy) is 1. The van der Waals surface area contributed by atoms with Gasteiger partial charge in [-0.15, -0.1) is 10.2 Å². The summed E-state index contributed by atoms with van der Waals surface area (Å²) in [6, 6.07) is 38.9. The van der Waals surface area contributed by atoms with Gasteiger partial charge in [0.05, 0.1) is 38.2 Å². The van der Waals surface area contributed by atoms with Crippen molar-refractivity contribution in [2.45, 2.75) is 19.3 Å². The zero-order chi connectivity index (χ0) is 41.9. The zero-order valence-corrected chi connectivity index (χ0v) is 31.9. The molecule has 4 aromatic heterocycles. The standard InChI is InChI=1S/C22H16F3N5O.C22H19N5O2/c23-22(24,25)17-9-10-26-19(12-17)21(31)27-18-8-4-7-16(11-18)20-14-30(29-28-20)13-15-5-2-1-3-6-15;1-29-19-10-11-23-20(13-19)22(28)24-18-9-5-8-17(12-18)21-15-27(26-25-21)14-16-6-3-2-4-7-16/h1-12,14H,13H2,(H,27,31);2-13,15H,14H2,1H3,(H,24,28). The lowest BCUT2D eigenvalue weighted by molar-refractivity contribution is -0.137. The van der Waals surface area contributed by atoms with E-state index in [-0.39, 0.29) is 17.3 Å². The Balaban J connectivity index is 0.000000182. The number of nitrogens with zero attached hydrogens (tertiary/aromatic N) is 8. The Hall–Kier alpha value is -8.01. The first-order valence-electron chi connectivity index (χ1n) is 18.3. The van der Waals surface area contributed by atoms with Crippen molar-refractivity contribution in [2.24, 2.45) is 0 Å². The number of aromatic nitrogens is 8. The molecule has 0 saturated heterocycles. The van der Waals surface area contributed by atoms with Gasteiger partial charge in [0.2, 0.25) is 0 Å². The van der Waals surface area contributed by atoms with Crippen LogP contribution in [-0.4, -0.2) is 58.9 Å². The van der Waals surface area contributed by atoms with Crippen LogP contribution in [0.4, 0.5) is 24.5 Å². The number of alkyl halides is 3. The van der Waals surface area contributed by atoms with Crippen LogP contribution in [0.25, 0.3) is 22.5 Å². The molecule has 0 bridgehead atoms. The Morgan fingerprint density at radius 3 is 1.57 bits per heavy atom. The molecule has 4 aromatic carbocycles. The minimum absolute atomic E-state index is 0.281. The van der Waals surface area contributed by atoms with E-state index in [9.17, 15) is 22.8 Å². The van der Waals surface area contributed by atoms with Gasteiger partial charge in [0.25, 0.3) is 11.8 Å². The monoisotopic (exact) mass is 808 g/mol. The lowest BCUT2D eigenvalue weighted by Gasteiger charge is -2.09. The van der Waals surface area contributed by atoms with E-state index in [1.54, 1.807) is 59.1 Å². The number of methoxy groups -OCH3 is 1. The average molecular weight is 809 g/mol. The number of hydrogen-bond donors (Lipinski definition) is 2. The second-order valence-corrected chi connectivity index (χ2v) is 13.2. The van der Waals surface area contributed by atoms with Gasteiger partial charge in [-0.05, 0) is 53.6 Å². The SMILES string of the molecule is COc1ccnc(C(=O)Nc2cccc(-c3cn(Cc4ccccc4)nn3)c2)c1.O=C(Nc1cccc(-c2cn(Cc3ccccc3)nn2)c1)c1cc(C(F)(F)F)ccn1. The summed E-state index contributed by atoms with van der Waals surface area (Å²) in [6.07, 6.45) is 1.61. The molecule has 0 aliphatic heterocycles. The third-order valence-electron chi connectivity index (χ3n) is 8.80. The maximum atomic E-state index is 12.9. The van der Waals surface area contributed by atoms with E-state index in [2.05, 4.69) is 41.2 Å². The summed E-state index contributed by atoms with van der Waals surface area (Å²) in [6.45, 7) is 1.21. The van der Waals surface area contributed by atoms with Crippen molar-refractivity contribution in [3.8, 4) is 28.3 Å². The van der Waals surface area contributed by atoms with Gasteiger partial charge in [0.1, 0.15) is 28.5 Å². The summed E-state index contributed by atoms with van der Waals surface area (Å²) in [5.74, 6) is -0.473. The molecular formula is C44H35F3N10O3. The largest absolute Gasteiger partial charge is 0.497 e. The number of anilines is 2. The molecule has 2 N–H and O–H groups in total. The quantitative estimate of drug-likeness (QED) is 0.131. The fourth-order valence-corrected chi connectivity index (χ4v) is 5.85. The Morgan fingerprint density at radius 1 is 0.600 bits per heavy atom. The van der Waals surface area contributed by atoms with Gasteiger partial charge in [-0.25, -0.2) is 9.36 Å². The summed E-state index contributed by atoms with van der Waals surface area (Å²) >= 11 is 0. The van der Waals surface area contributed by atoms with E-state index >= 15 is 0 Å². The molecule has 8 aromatic rings. The molecule has 0 fully saturated rings. The second kappa shape index (κ2) is 18.5. The molecule has 13 nitrogen and oxygen atoms in total. The fourth-order valence-electron chi connectivity index (χ4n) is 5.85. The predicted molar refractivity (Wildman–Crippen MR) is 218 cm³/mol. The Labute approximate surface area is 341 Å². The van der Waals surface area contributed by atoms with Gasteiger partial charge in [0, 0.05) is 41.0 Å². The van der Waals surface area contributed by atoms with Crippen LogP contribution in [0.5, 0.6) is 5.75 Å². The van der Waals surface area contributed by atoms with E-state index in [0.29, 0.717) is 47.5 Å². The number of hydrogen-bond acceptors (Lipinski definition) is 9. The van der Waals surface area contributed by atoms with Crippen molar-refractivity contribution in [1.82, 2.24) is 40.0 Å². The molecule has 0 unspecified atom stereocenters. The predicted octanol–water partition coefficient (Wildman–Crippen LogP) is 8.31. The van der Waals surface area contributed by atoms with Crippen molar-refractivity contribution >= 4 is 23.2 Å². The first-order chi connectivity index (χ1) is 29.1. The number of benzene rings is 4. The molecule has 0 atom stereocenters. The number of carbonyl (C=O) groups excluding carboxylic acids is 2. The van der Waals surface area contributed by atoms with E-state index in [0.717, 1.165) is 34.6 Å². The summed E-state index contributed by atoms with van der Waals surface area (Å²) in [7, 11) is 1.55. The van der Waals surface area contributed by atoms with E-state index in [1.165, 1.54) is 6.20 Å². The van der Waals surface area contributed by atoms with Crippen molar-refractivity contribution in [2.75, 3.05) is 17.7 Å². The first kappa shape index (κ1) is 40.2. The molecule has 0 aliphatic rings. The van der Waals surface area contributed by atoms with Crippen LogP contribution in [0.2, 0.25) is 0 Å². The molecule has 4 heterocycles. The normalized spacial score (nSPS) is 10.9. The number of rotatable bonds is 11. The highest BCUT2D eigenvalue weighted by Gasteiger charge is 2.31. The highest BCUT2D eigenvalue weighted by atomic mass is 19.4. The third kappa shape index (κ3) is 10.7. The van der Waals surface area contributed by atoms with Crippen molar-refractivity contribution in [3.63, 3.8) is 0 Å². The van der Waals surface area contributed by atoms with Crippen LogP contribution in [0.1, 0.15) is 37.7 Å². The molecular weight excluding hydrogens is 774 g/mol. The lowest BCUT2D eigenvalue weighted by atomic mass is 10.1. The third-order valence-corrected chi connectivity index (χ3v) is 8.80. The van der Waals surface area contributed by atoms with Gasteiger partial charge in [-0.3, -0.25) is 19.6 Å². The number of pyridine rings is 2. The van der Waals surface area contributed by atoms with E-state index < -0.39 is 17.6 Å². The first-order valence-corrected chi connectivity index (χ1v) is 18.3. The van der Waals surface area contributed by atoms with Crippen molar-refractivity contribution in [1.29, 1.82) is 0 Å².